The Morgan fingerprint density at radius 3 is 2.75 bits per heavy atom. The lowest BCUT2D eigenvalue weighted by atomic mass is 10.1. The number of rotatable bonds is 6. The Kier molecular flexibility index (Phi) is 6.15. The zero-order valence-electron chi connectivity index (χ0n) is 11.6. The van der Waals surface area contributed by atoms with E-state index in [0.29, 0.717) is 5.69 Å². The summed E-state index contributed by atoms with van der Waals surface area (Å²) in [5.41, 5.74) is 0.0321. The standard InChI is InChI=1S/C12H18BrN3O4/c1-7(2)9(6-17)15-8-4-14-16(5-10(18)20-3)12(19)11(8)13/h4,7,9,15,17H,5-6H2,1-3H3. The van der Waals surface area contributed by atoms with Gasteiger partial charge >= 0.3 is 5.97 Å². The predicted octanol–water partition coefficient (Wildman–Crippen LogP) is 0.608. The average Bonchev–Trinajstić information content (AvgIpc) is 2.42. The number of hydrogen-bond acceptors (Lipinski definition) is 6. The molecule has 20 heavy (non-hydrogen) atoms. The van der Waals surface area contributed by atoms with Crippen LogP contribution in [0.5, 0.6) is 0 Å². The van der Waals surface area contributed by atoms with Gasteiger partial charge in [0.1, 0.15) is 11.0 Å². The molecule has 1 aromatic rings. The summed E-state index contributed by atoms with van der Waals surface area (Å²) in [6.45, 7) is 3.60. The molecule has 1 rings (SSSR count). The topological polar surface area (TPSA) is 93.5 Å². The van der Waals surface area contributed by atoms with Crippen molar-refractivity contribution in [3.05, 3.63) is 21.0 Å². The minimum absolute atomic E-state index is 0.0602. The van der Waals surface area contributed by atoms with Gasteiger partial charge in [-0.05, 0) is 21.8 Å². The van der Waals surface area contributed by atoms with Gasteiger partial charge in [0, 0.05) is 0 Å². The van der Waals surface area contributed by atoms with Crippen LogP contribution in [0.4, 0.5) is 5.69 Å². The van der Waals surface area contributed by atoms with Gasteiger partial charge < -0.3 is 15.2 Å². The van der Waals surface area contributed by atoms with Crippen LogP contribution in [0, 0.1) is 5.92 Å². The van der Waals surface area contributed by atoms with Gasteiger partial charge in [-0.1, -0.05) is 13.8 Å². The van der Waals surface area contributed by atoms with Gasteiger partial charge in [-0.2, -0.15) is 5.10 Å². The molecule has 0 saturated carbocycles. The van der Waals surface area contributed by atoms with Crippen molar-refractivity contribution in [3.63, 3.8) is 0 Å². The van der Waals surface area contributed by atoms with E-state index in [1.54, 1.807) is 0 Å². The molecule has 0 aliphatic carbocycles. The van der Waals surface area contributed by atoms with Crippen molar-refractivity contribution in [2.75, 3.05) is 19.0 Å². The first-order valence-electron chi connectivity index (χ1n) is 6.10. The first-order valence-corrected chi connectivity index (χ1v) is 6.89. The summed E-state index contributed by atoms with van der Waals surface area (Å²) in [5.74, 6) is -0.368. The van der Waals surface area contributed by atoms with E-state index in [1.165, 1.54) is 13.3 Å². The molecule has 0 amide bonds. The summed E-state index contributed by atoms with van der Waals surface area (Å²) in [4.78, 5) is 23.2. The number of halogens is 1. The number of methoxy groups -OCH3 is 1. The number of nitrogens with one attached hydrogen (secondary N) is 1. The third-order valence-electron chi connectivity index (χ3n) is 2.83. The number of hydrogen-bond donors (Lipinski definition) is 2. The third kappa shape index (κ3) is 4.04. The third-order valence-corrected chi connectivity index (χ3v) is 3.60. The fourth-order valence-corrected chi connectivity index (χ4v) is 1.91. The monoisotopic (exact) mass is 347 g/mol. The Hall–Kier alpha value is -1.41. The first kappa shape index (κ1) is 16.6. The largest absolute Gasteiger partial charge is 0.468 e. The highest BCUT2D eigenvalue weighted by Crippen LogP contribution is 2.19. The van der Waals surface area contributed by atoms with E-state index in [4.69, 9.17) is 0 Å². The second kappa shape index (κ2) is 7.39. The van der Waals surface area contributed by atoms with E-state index in [-0.39, 0.29) is 29.6 Å². The molecule has 2 N–H and O–H groups in total. The minimum atomic E-state index is -0.553. The summed E-state index contributed by atoms with van der Waals surface area (Å²) in [5, 5.41) is 16.2. The van der Waals surface area contributed by atoms with Crippen molar-refractivity contribution in [1.82, 2.24) is 9.78 Å². The van der Waals surface area contributed by atoms with Crippen molar-refractivity contribution in [3.8, 4) is 0 Å². The predicted molar refractivity (Wildman–Crippen MR) is 77.5 cm³/mol. The van der Waals surface area contributed by atoms with Crippen LogP contribution in [-0.2, 0) is 16.1 Å². The molecule has 0 aromatic carbocycles. The van der Waals surface area contributed by atoms with Gasteiger partial charge in [-0.25, -0.2) is 4.68 Å². The fourth-order valence-electron chi connectivity index (χ4n) is 1.49. The quantitative estimate of drug-likeness (QED) is 0.732. The van der Waals surface area contributed by atoms with E-state index < -0.39 is 11.5 Å². The van der Waals surface area contributed by atoms with Gasteiger partial charge in [0.15, 0.2) is 0 Å². The van der Waals surface area contributed by atoms with E-state index in [9.17, 15) is 14.7 Å². The summed E-state index contributed by atoms with van der Waals surface area (Å²) >= 11 is 3.18. The molecule has 0 bridgehead atoms. The molecule has 0 saturated heterocycles. The summed E-state index contributed by atoms with van der Waals surface area (Å²) in [6, 6.07) is -0.191. The van der Waals surface area contributed by atoms with Gasteiger partial charge in [0.25, 0.3) is 5.56 Å². The molecule has 0 fully saturated rings. The smallest absolute Gasteiger partial charge is 0.327 e. The highest BCUT2D eigenvalue weighted by atomic mass is 79.9. The molecule has 1 heterocycles. The SMILES string of the molecule is COC(=O)Cn1ncc(NC(CO)C(C)C)c(Br)c1=O. The number of aliphatic hydroxyl groups is 1. The Morgan fingerprint density at radius 2 is 2.25 bits per heavy atom. The number of aliphatic hydroxyl groups excluding tert-OH is 1. The highest BCUT2D eigenvalue weighted by Gasteiger charge is 2.16. The zero-order chi connectivity index (χ0) is 15.3. The lowest BCUT2D eigenvalue weighted by Gasteiger charge is -2.21. The number of esters is 1. The Bertz CT molecular complexity index is 530. The van der Waals surface area contributed by atoms with Crippen molar-refractivity contribution in [2.45, 2.75) is 26.4 Å². The van der Waals surface area contributed by atoms with Crippen LogP contribution in [0.1, 0.15) is 13.8 Å². The van der Waals surface area contributed by atoms with Crippen LogP contribution in [0.3, 0.4) is 0 Å². The number of carbonyl (C=O) groups is 1. The summed E-state index contributed by atoms with van der Waals surface area (Å²) in [7, 11) is 1.24. The molecule has 8 heteroatoms. The molecule has 7 nitrogen and oxygen atoms in total. The maximum Gasteiger partial charge on any atom is 0.327 e. The van der Waals surface area contributed by atoms with Gasteiger partial charge in [0.05, 0.1) is 31.6 Å². The first-order chi connectivity index (χ1) is 9.40. The fraction of sp³-hybridized carbons (Fsp3) is 0.583. The molecule has 1 unspecified atom stereocenters. The van der Waals surface area contributed by atoms with Gasteiger partial charge in [-0.15, -0.1) is 0 Å². The zero-order valence-corrected chi connectivity index (χ0v) is 13.2. The van der Waals surface area contributed by atoms with E-state index in [1.807, 2.05) is 13.8 Å². The molecule has 0 spiro atoms. The van der Waals surface area contributed by atoms with Crippen LogP contribution in [-0.4, -0.2) is 40.6 Å². The molecule has 1 atom stereocenters. The molecular weight excluding hydrogens is 330 g/mol. The molecule has 0 radical (unpaired) electrons. The normalized spacial score (nSPS) is 12.3. The Morgan fingerprint density at radius 1 is 1.60 bits per heavy atom. The number of aromatic nitrogens is 2. The van der Waals surface area contributed by atoms with Crippen molar-refractivity contribution in [2.24, 2.45) is 5.92 Å². The molecular formula is C12H18BrN3O4. The molecule has 0 aliphatic heterocycles. The van der Waals surface area contributed by atoms with Crippen molar-refractivity contribution < 1.29 is 14.6 Å². The maximum atomic E-state index is 12.0. The molecule has 0 aliphatic rings. The Labute approximate surface area is 125 Å². The van der Waals surface area contributed by atoms with E-state index in [2.05, 4.69) is 31.1 Å². The second-order valence-corrected chi connectivity index (χ2v) is 5.38. The van der Waals surface area contributed by atoms with Gasteiger partial charge in [0.2, 0.25) is 0 Å². The van der Waals surface area contributed by atoms with Crippen LogP contribution in [0.2, 0.25) is 0 Å². The van der Waals surface area contributed by atoms with Crippen molar-refractivity contribution >= 4 is 27.6 Å². The number of anilines is 1. The Balaban J connectivity index is 3.00. The lowest BCUT2D eigenvalue weighted by Crippen LogP contribution is -2.32. The van der Waals surface area contributed by atoms with Gasteiger partial charge in [-0.3, -0.25) is 9.59 Å². The summed E-state index contributed by atoms with van der Waals surface area (Å²) in [6.07, 6.45) is 1.43. The van der Waals surface area contributed by atoms with Crippen molar-refractivity contribution in [1.29, 1.82) is 0 Å². The van der Waals surface area contributed by atoms with Crippen LogP contribution < -0.4 is 10.9 Å². The molecule has 1 aromatic heterocycles. The minimum Gasteiger partial charge on any atom is -0.468 e. The second-order valence-electron chi connectivity index (χ2n) is 4.59. The maximum absolute atomic E-state index is 12.0. The average molecular weight is 348 g/mol. The number of carbonyl (C=O) groups excluding carboxylic acids is 1. The van der Waals surface area contributed by atoms with Crippen LogP contribution in [0.15, 0.2) is 15.5 Å². The summed E-state index contributed by atoms with van der Waals surface area (Å²) < 4.78 is 5.75. The van der Waals surface area contributed by atoms with E-state index in [0.717, 1.165) is 4.68 Å². The van der Waals surface area contributed by atoms with Crippen LogP contribution in [0.25, 0.3) is 0 Å². The lowest BCUT2D eigenvalue weighted by molar-refractivity contribution is -0.141. The van der Waals surface area contributed by atoms with Crippen LogP contribution >= 0.6 is 15.9 Å². The number of nitrogens with zero attached hydrogens (tertiary/aromatic N) is 2. The van der Waals surface area contributed by atoms with E-state index >= 15 is 0 Å². The number of ether oxygens (including phenoxy) is 1. The molecule has 112 valence electrons. The highest BCUT2D eigenvalue weighted by molar-refractivity contribution is 9.10.